The average Bonchev–Trinajstić information content (AvgIpc) is 2.57. The summed E-state index contributed by atoms with van der Waals surface area (Å²) in [7, 11) is 0. The number of aliphatic hydroxyl groups is 1. The van der Waals surface area contributed by atoms with E-state index in [4.69, 9.17) is 0 Å². The lowest BCUT2D eigenvalue weighted by Gasteiger charge is -2.28. The van der Waals surface area contributed by atoms with E-state index in [-0.39, 0.29) is 0 Å². The van der Waals surface area contributed by atoms with Gasteiger partial charge in [-0.05, 0) is 42.4 Å². The van der Waals surface area contributed by atoms with Crippen LogP contribution in [0, 0.1) is 23.7 Å². The molecule has 0 radical (unpaired) electrons. The molecule has 1 fully saturated rings. The molecule has 23 heavy (non-hydrogen) atoms. The molecule has 126 valence electrons. The van der Waals surface area contributed by atoms with Crippen LogP contribution >= 0.6 is 0 Å². The van der Waals surface area contributed by atoms with E-state index in [0.717, 1.165) is 24.3 Å². The van der Waals surface area contributed by atoms with Gasteiger partial charge in [-0.3, -0.25) is 0 Å². The third-order valence-electron chi connectivity index (χ3n) is 5.10. The van der Waals surface area contributed by atoms with Gasteiger partial charge < -0.3 is 5.11 Å². The van der Waals surface area contributed by atoms with E-state index in [1.165, 1.54) is 50.5 Å². The Morgan fingerprint density at radius 2 is 1.65 bits per heavy atom. The van der Waals surface area contributed by atoms with Crippen LogP contribution < -0.4 is 0 Å². The summed E-state index contributed by atoms with van der Waals surface area (Å²) in [6, 6.07) is 8.44. The van der Waals surface area contributed by atoms with Gasteiger partial charge in [-0.1, -0.05) is 82.8 Å². The summed E-state index contributed by atoms with van der Waals surface area (Å²) in [6.07, 6.45) is 10.6. The lowest BCUT2D eigenvalue weighted by molar-refractivity contribution is 0.162. The molecule has 1 aliphatic rings. The summed E-state index contributed by atoms with van der Waals surface area (Å²) in [5.74, 6) is 7.77. The van der Waals surface area contributed by atoms with Crippen LogP contribution in [-0.2, 0) is 6.42 Å². The van der Waals surface area contributed by atoms with Gasteiger partial charge in [0.05, 0.1) is 0 Å². The van der Waals surface area contributed by atoms with E-state index in [9.17, 15) is 5.11 Å². The van der Waals surface area contributed by atoms with Gasteiger partial charge in [0.1, 0.15) is 6.10 Å². The second-order valence-electron chi connectivity index (χ2n) is 7.14. The van der Waals surface area contributed by atoms with Crippen molar-refractivity contribution in [3.05, 3.63) is 35.4 Å². The van der Waals surface area contributed by atoms with E-state index in [0.29, 0.717) is 5.92 Å². The smallest absolute Gasteiger partial charge is 0.115 e. The van der Waals surface area contributed by atoms with E-state index in [1.54, 1.807) is 0 Å². The number of aliphatic hydroxyl groups excluding tert-OH is 1. The van der Waals surface area contributed by atoms with Crippen LogP contribution in [0.5, 0.6) is 0 Å². The highest BCUT2D eigenvalue weighted by molar-refractivity contribution is 5.36. The highest BCUT2D eigenvalue weighted by Gasteiger charge is 2.22. The molecule has 0 saturated heterocycles. The summed E-state index contributed by atoms with van der Waals surface area (Å²) in [4.78, 5) is 0. The second-order valence-corrected chi connectivity index (χ2v) is 7.14. The van der Waals surface area contributed by atoms with Crippen LogP contribution in [0.25, 0.3) is 0 Å². The normalized spacial score (nSPS) is 22.2. The monoisotopic (exact) mass is 312 g/mol. The minimum atomic E-state index is -0.474. The largest absolute Gasteiger partial charge is 0.380 e. The molecule has 1 aliphatic carbocycles. The molecule has 0 heterocycles. The first kappa shape index (κ1) is 18.1. The number of benzene rings is 1. The molecule has 0 aliphatic heterocycles. The Labute approximate surface area is 142 Å². The van der Waals surface area contributed by atoms with Crippen LogP contribution in [0.15, 0.2) is 24.3 Å². The van der Waals surface area contributed by atoms with Crippen molar-refractivity contribution in [3.63, 3.8) is 0 Å². The topological polar surface area (TPSA) is 20.2 Å². The molecule has 1 nitrogen and oxygen atoms in total. The van der Waals surface area contributed by atoms with Crippen LogP contribution in [0.1, 0.15) is 76.3 Å². The maximum atomic E-state index is 10.2. The Kier molecular flexibility index (Phi) is 7.69. The summed E-state index contributed by atoms with van der Waals surface area (Å²) in [6.45, 7) is 4.47. The number of hydrogen-bond donors (Lipinski definition) is 1. The molecule has 1 N–H and O–H groups in total. The molecule has 0 spiro atoms. The molecule has 2 rings (SSSR count). The van der Waals surface area contributed by atoms with E-state index in [2.05, 4.69) is 50.0 Å². The zero-order valence-electron chi connectivity index (χ0n) is 14.9. The first-order valence-corrected chi connectivity index (χ1v) is 9.49. The zero-order valence-corrected chi connectivity index (χ0v) is 14.9. The van der Waals surface area contributed by atoms with Gasteiger partial charge in [-0.2, -0.15) is 0 Å². The van der Waals surface area contributed by atoms with E-state index >= 15 is 0 Å². The maximum absolute atomic E-state index is 10.2. The summed E-state index contributed by atoms with van der Waals surface area (Å²) in [5.41, 5.74) is 2.37. The number of rotatable bonds is 6. The van der Waals surface area contributed by atoms with Crippen molar-refractivity contribution in [2.45, 2.75) is 77.7 Å². The van der Waals surface area contributed by atoms with Crippen molar-refractivity contribution in [1.29, 1.82) is 0 Å². The molecule has 0 bridgehead atoms. The Bertz CT molecular complexity index is 497. The Morgan fingerprint density at radius 3 is 2.26 bits per heavy atom. The van der Waals surface area contributed by atoms with Gasteiger partial charge in [-0.25, -0.2) is 0 Å². The molecule has 1 saturated carbocycles. The molecule has 0 aromatic heterocycles. The maximum Gasteiger partial charge on any atom is 0.115 e. The Morgan fingerprint density at radius 1 is 1.00 bits per heavy atom. The molecular formula is C22H32O. The third-order valence-corrected chi connectivity index (χ3v) is 5.10. The Balaban J connectivity index is 1.78. The fraction of sp³-hybridized carbons (Fsp3) is 0.636. The molecule has 1 unspecified atom stereocenters. The van der Waals surface area contributed by atoms with Crippen molar-refractivity contribution >= 4 is 0 Å². The first-order valence-electron chi connectivity index (χ1n) is 9.49. The minimum absolute atomic E-state index is 0.474. The van der Waals surface area contributed by atoms with Crippen LogP contribution in [0.4, 0.5) is 0 Å². The lowest BCUT2D eigenvalue weighted by Crippen LogP contribution is -2.19. The molecule has 1 heteroatoms. The molecule has 1 aromatic rings. The van der Waals surface area contributed by atoms with Gasteiger partial charge in [-0.15, -0.1) is 0 Å². The highest BCUT2D eigenvalue weighted by atomic mass is 16.3. The lowest BCUT2D eigenvalue weighted by atomic mass is 9.78. The van der Waals surface area contributed by atoms with Gasteiger partial charge in [0.15, 0.2) is 0 Å². The summed E-state index contributed by atoms with van der Waals surface area (Å²) in [5, 5.41) is 10.2. The fourth-order valence-electron chi connectivity index (χ4n) is 3.75. The third kappa shape index (κ3) is 6.40. The van der Waals surface area contributed by atoms with Crippen molar-refractivity contribution < 1.29 is 5.11 Å². The van der Waals surface area contributed by atoms with Gasteiger partial charge >= 0.3 is 0 Å². The summed E-state index contributed by atoms with van der Waals surface area (Å²) >= 11 is 0. The molecular weight excluding hydrogens is 280 g/mol. The van der Waals surface area contributed by atoms with Gasteiger partial charge in [0.2, 0.25) is 0 Å². The van der Waals surface area contributed by atoms with Crippen LogP contribution in [0.2, 0.25) is 0 Å². The fourth-order valence-corrected chi connectivity index (χ4v) is 3.75. The Hall–Kier alpha value is -1.26. The summed E-state index contributed by atoms with van der Waals surface area (Å²) < 4.78 is 0. The van der Waals surface area contributed by atoms with E-state index < -0.39 is 6.10 Å². The first-order chi connectivity index (χ1) is 11.2. The predicted octanol–water partition coefficient (Wildman–Crippen LogP) is 5.35. The van der Waals surface area contributed by atoms with Gasteiger partial charge in [0, 0.05) is 5.56 Å². The molecule has 1 atom stereocenters. The average molecular weight is 312 g/mol. The van der Waals surface area contributed by atoms with Gasteiger partial charge in [0.25, 0.3) is 0 Å². The van der Waals surface area contributed by atoms with Crippen LogP contribution in [0.3, 0.4) is 0 Å². The second kappa shape index (κ2) is 9.78. The zero-order chi connectivity index (χ0) is 16.5. The number of aryl methyl sites for hydroxylation is 1. The van der Waals surface area contributed by atoms with E-state index in [1.807, 2.05) is 0 Å². The highest BCUT2D eigenvalue weighted by Crippen LogP contribution is 2.33. The van der Waals surface area contributed by atoms with Crippen molar-refractivity contribution in [3.8, 4) is 11.8 Å². The molecule has 1 aromatic carbocycles. The number of hydrogen-bond acceptors (Lipinski definition) is 1. The standard InChI is InChI=1S/C22H32O/c1-3-5-18-7-9-20(10-8-18)15-16-22(23)17-21-13-11-19(6-4-2)12-14-21/h7-10,19,21-23H,3-6,11-14,17H2,1-2H3. The SMILES string of the molecule is CCCc1ccc(C#CC(O)CC2CCC(CCC)CC2)cc1. The minimum Gasteiger partial charge on any atom is -0.380 e. The quantitative estimate of drug-likeness (QED) is 0.702. The van der Waals surface area contributed by atoms with Crippen molar-refractivity contribution in [1.82, 2.24) is 0 Å². The van der Waals surface area contributed by atoms with Crippen molar-refractivity contribution in [2.24, 2.45) is 11.8 Å². The van der Waals surface area contributed by atoms with Crippen LogP contribution in [-0.4, -0.2) is 11.2 Å². The predicted molar refractivity (Wildman–Crippen MR) is 98.3 cm³/mol. The molecule has 0 amide bonds. The van der Waals surface area contributed by atoms with Crippen molar-refractivity contribution in [2.75, 3.05) is 0 Å².